The fourth-order valence-corrected chi connectivity index (χ4v) is 2.46. The molecule has 0 heterocycles. The molecule has 2 aromatic carbocycles. The van der Waals surface area contributed by atoms with E-state index in [1.165, 1.54) is 18.2 Å². The molecule has 2 aromatic rings. The molecule has 0 aliphatic heterocycles. The third kappa shape index (κ3) is 3.53. The summed E-state index contributed by atoms with van der Waals surface area (Å²) in [4.78, 5) is 23.3. The topological polar surface area (TPSA) is 115 Å². The highest BCUT2D eigenvalue weighted by Crippen LogP contribution is 2.34. The van der Waals surface area contributed by atoms with Crippen LogP contribution in [0.25, 0.3) is 0 Å². The van der Waals surface area contributed by atoms with Gasteiger partial charge in [-0.25, -0.2) is 4.79 Å². The quantitative estimate of drug-likeness (QED) is 0.644. The van der Waals surface area contributed by atoms with Gasteiger partial charge in [0.25, 0.3) is 5.69 Å². The molecule has 120 valence electrons. The fourth-order valence-electron chi connectivity index (χ4n) is 2.02. The number of hydrogen-bond acceptors (Lipinski definition) is 4. The zero-order chi connectivity index (χ0) is 17.1. The summed E-state index contributed by atoms with van der Waals surface area (Å²) in [6.07, 6.45) is 0. The van der Waals surface area contributed by atoms with Gasteiger partial charge in [-0.15, -0.1) is 0 Å². The predicted molar refractivity (Wildman–Crippen MR) is 89.2 cm³/mol. The lowest BCUT2D eigenvalue weighted by atomic mass is 10.1. The van der Waals surface area contributed by atoms with E-state index in [0.29, 0.717) is 16.3 Å². The summed E-state index contributed by atoms with van der Waals surface area (Å²) in [6.45, 7) is 0.238. The standard InChI is InChI=1S/C14H12Cl2N4O3/c15-11-4-3-10(6-13(11)20(22)23)19(14(18)21)9-2-1-8(7-17)12(16)5-9/h1-6H,7,17H2,(H2,18,21). The second-order valence-corrected chi connectivity index (χ2v) is 5.36. The molecule has 0 bridgehead atoms. The van der Waals surface area contributed by atoms with Crippen LogP contribution in [-0.4, -0.2) is 11.0 Å². The monoisotopic (exact) mass is 354 g/mol. The summed E-state index contributed by atoms with van der Waals surface area (Å²) < 4.78 is 0. The van der Waals surface area contributed by atoms with Crippen LogP contribution in [0, 0.1) is 10.1 Å². The summed E-state index contributed by atoms with van der Waals surface area (Å²) in [5.41, 5.74) is 11.9. The SMILES string of the molecule is NCc1ccc(N(C(N)=O)c2ccc(Cl)c([N+](=O)[O-])c2)cc1Cl. The summed E-state index contributed by atoms with van der Waals surface area (Å²) in [7, 11) is 0. The number of amides is 2. The predicted octanol–water partition coefficient (Wildman–Crippen LogP) is 3.58. The maximum atomic E-state index is 11.8. The highest BCUT2D eigenvalue weighted by molar-refractivity contribution is 6.33. The molecule has 4 N–H and O–H groups in total. The number of urea groups is 1. The van der Waals surface area contributed by atoms with Gasteiger partial charge in [-0.1, -0.05) is 29.3 Å². The Bertz CT molecular complexity index is 783. The molecule has 0 saturated heterocycles. The first-order chi connectivity index (χ1) is 10.8. The Morgan fingerprint density at radius 3 is 2.26 bits per heavy atom. The number of primary amides is 1. The lowest BCUT2D eigenvalue weighted by Gasteiger charge is -2.21. The van der Waals surface area contributed by atoms with Gasteiger partial charge < -0.3 is 11.5 Å². The molecule has 0 aliphatic rings. The number of carbonyl (C=O) groups excluding carboxylic acids is 1. The Morgan fingerprint density at radius 2 is 1.74 bits per heavy atom. The molecule has 0 spiro atoms. The van der Waals surface area contributed by atoms with Crippen molar-refractivity contribution in [1.29, 1.82) is 0 Å². The molecule has 0 aromatic heterocycles. The zero-order valence-electron chi connectivity index (χ0n) is 11.7. The maximum absolute atomic E-state index is 11.8. The van der Waals surface area contributed by atoms with Crippen molar-refractivity contribution < 1.29 is 9.72 Å². The van der Waals surface area contributed by atoms with Crippen LogP contribution in [0.2, 0.25) is 10.0 Å². The summed E-state index contributed by atoms with van der Waals surface area (Å²) in [5, 5.41) is 11.3. The van der Waals surface area contributed by atoms with Gasteiger partial charge in [0.1, 0.15) is 5.02 Å². The van der Waals surface area contributed by atoms with Crippen LogP contribution in [-0.2, 0) is 6.54 Å². The van der Waals surface area contributed by atoms with Crippen LogP contribution in [0.3, 0.4) is 0 Å². The Labute approximate surface area is 141 Å². The van der Waals surface area contributed by atoms with Gasteiger partial charge in [0, 0.05) is 17.6 Å². The van der Waals surface area contributed by atoms with Crippen LogP contribution < -0.4 is 16.4 Å². The van der Waals surface area contributed by atoms with Crippen LogP contribution in [0.4, 0.5) is 21.9 Å². The molecular weight excluding hydrogens is 343 g/mol. The van der Waals surface area contributed by atoms with E-state index in [0.717, 1.165) is 11.0 Å². The second-order valence-electron chi connectivity index (χ2n) is 4.55. The normalized spacial score (nSPS) is 10.4. The molecule has 0 atom stereocenters. The summed E-state index contributed by atoms with van der Waals surface area (Å²) >= 11 is 11.9. The van der Waals surface area contributed by atoms with Crippen molar-refractivity contribution in [3.8, 4) is 0 Å². The number of hydrogen-bond donors (Lipinski definition) is 2. The molecule has 0 aliphatic carbocycles. The third-order valence-electron chi connectivity index (χ3n) is 3.12. The van der Waals surface area contributed by atoms with E-state index in [2.05, 4.69) is 0 Å². The van der Waals surface area contributed by atoms with Crippen molar-refractivity contribution >= 4 is 46.3 Å². The molecule has 9 heteroatoms. The van der Waals surface area contributed by atoms with Crippen LogP contribution in [0.5, 0.6) is 0 Å². The Morgan fingerprint density at radius 1 is 1.13 bits per heavy atom. The number of nitro groups is 1. The van der Waals surface area contributed by atoms with Crippen LogP contribution >= 0.6 is 23.2 Å². The number of nitro benzene ring substituents is 1. The lowest BCUT2D eigenvalue weighted by molar-refractivity contribution is -0.384. The van der Waals surface area contributed by atoms with Crippen molar-refractivity contribution in [3.63, 3.8) is 0 Å². The molecular formula is C14H12Cl2N4O3. The van der Waals surface area contributed by atoms with E-state index in [4.69, 9.17) is 34.7 Å². The number of rotatable bonds is 4. The molecule has 0 radical (unpaired) electrons. The number of nitrogens with two attached hydrogens (primary N) is 2. The first-order valence-corrected chi connectivity index (χ1v) is 7.12. The van der Waals surface area contributed by atoms with Gasteiger partial charge >= 0.3 is 6.03 Å². The minimum absolute atomic E-state index is 0.0420. The van der Waals surface area contributed by atoms with Crippen molar-refractivity contribution in [1.82, 2.24) is 0 Å². The molecule has 23 heavy (non-hydrogen) atoms. The van der Waals surface area contributed by atoms with Gasteiger partial charge in [-0.3, -0.25) is 15.0 Å². The van der Waals surface area contributed by atoms with E-state index in [9.17, 15) is 14.9 Å². The van der Waals surface area contributed by atoms with Crippen molar-refractivity contribution in [2.24, 2.45) is 11.5 Å². The van der Waals surface area contributed by atoms with Gasteiger partial charge in [0.2, 0.25) is 0 Å². The third-order valence-corrected chi connectivity index (χ3v) is 3.79. The van der Waals surface area contributed by atoms with Gasteiger partial charge in [-0.05, 0) is 29.8 Å². The average molecular weight is 355 g/mol. The van der Waals surface area contributed by atoms with E-state index >= 15 is 0 Å². The zero-order valence-corrected chi connectivity index (χ0v) is 13.2. The smallest absolute Gasteiger partial charge is 0.323 e. The van der Waals surface area contributed by atoms with Crippen molar-refractivity contribution in [3.05, 3.63) is 62.1 Å². The van der Waals surface area contributed by atoms with Crippen molar-refractivity contribution in [2.45, 2.75) is 6.54 Å². The van der Waals surface area contributed by atoms with E-state index in [1.54, 1.807) is 12.1 Å². The number of benzene rings is 2. The van der Waals surface area contributed by atoms with Crippen LogP contribution in [0.1, 0.15) is 5.56 Å². The highest BCUT2D eigenvalue weighted by Gasteiger charge is 2.21. The number of carbonyl (C=O) groups is 1. The van der Waals surface area contributed by atoms with E-state index in [1.807, 2.05) is 0 Å². The number of anilines is 2. The van der Waals surface area contributed by atoms with Crippen LogP contribution in [0.15, 0.2) is 36.4 Å². The van der Waals surface area contributed by atoms with Gasteiger partial charge in [0.15, 0.2) is 0 Å². The van der Waals surface area contributed by atoms with E-state index in [-0.39, 0.29) is 22.9 Å². The summed E-state index contributed by atoms with van der Waals surface area (Å²) in [6, 6.07) is 7.87. The largest absolute Gasteiger partial charge is 0.351 e. The molecule has 0 unspecified atom stereocenters. The molecule has 7 nitrogen and oxygen atoms in total. The first kappa shape index (κ1) is 17.0. The average Bonchev–Trinajstić information content (AvgIpc) is 2.48. The first-order valence-electron chi connectivity index (χ1n) is 6.37. The number of halogens is 2. The Kier molecular flexibility index (Phi) is 5.05. The molecule has 2 amide bonds. The minimum Gasteiger partial charge on any atom is -0.351 e. The molecule has 0 fully saturated rings. The molecule has 0 saturated carbocycles. The Hall–Kier alpha value is -2.35. The fraction of sp³-hybridized carbons (Fsp3) is 0.0714. The van der Waals surface area contributed by atoms with Gasteiger partial charge in [0.05, 0.1) is 16.3 Å². The van der Waals surface area contributed by atoms with Gasteiger partial charge in [-0.2, -0.15) is 0 Å². The number of nitrogens with zero attached hydrogens (tertiary/aromatic N) is 2. The lowest BCUT2D eigenvalue weighted by Crippen LogP contribution is -2.31. The highest BCUT2D eigenvalue weighted by atomic mass is 35.5. The van der Waals surface area contributed by atoms with Crippen molar-refractivity contribution in [2.75, 3.05) is 4.90 Å². The minimum atomic E-state index is -0.821. The molecule has 2 rings (SSSR count). The van der Waals surface area contributed by atoms with E-state index < -0.39 is 11.0 Å². The second kappa shape index (κ2) is 6.82. The maximum Gasteiger partial charge on any atom is 0.323 e. The Balaban J connectivity index is 2.55. The summed E-state index contributed by atoms with van der Waals surface area (Å²) in [5.74, 6) is 0.